The molecule has 6 heteroatoms. The number of halogens is 1. The van der Waals surface area contributed by atoms with Gasteiger partial charge in [0.1, 0.15) is 16.5 Å². The molecule has 1 aromatic heterocycles. The van der Waals surface area contributed by atoms with Gasteiger partial charge in [-0.25, -0.2) is 4.98 Å². The summed E-state index contributed by atoms with van der Waals surface area (Å²) in [4.78, 5) is 16.5. The average molecular weight is 341 g/mol. The highest BCUT2D eigenvalue weighted by Gasteiger charge is 2.28. The number of hydrogen-bond donors (Lipinski definition) is 2. The van der Waals surface area contributed by atoms with Crippen LogP contribution in [0, 0.1) is 11.8 Å². The first-order valence-corrected chi connectivity index (χ1v) is 8.42. The van der Waals surface area contributed by atoms with Gasteiger partial charge in [0.15, 0.2) is 0 Å². The Morgan fingerprint density at radius 3 is 2.83 bits per heavy atom. The third-order valence-corrected chi connectivity index (χ3v) is 4.13. The molecule has 0 bridgehead atoms. The summed E-state index contributed by atoms with van der Waals surface area (Å²) in [6.45, 7) is 6.40. The van der Waals surface area contributed by atoms with Crippen LogP contribution in [0.3, 0.4) is 0 Å². The van der Waals surface area contributed by atoms with Crippen LogP contribution in [-0.4, -0.2) is 34.8 Å². The molecule has 1 heterocycles. The first-order chi connectivity index (χ1) is 10.8. The lowest BCUT2D eigenvalue weighted by molar-refractivity contribution is 0.0820. The van der Waals surface area contributed by atoms with Gasteiger partial charge < -0.3 is 15.2 Å². The third-order valence-electron chi connectivity index (χ3n) is 3.85. The number of carbonyl (C=O) groups excluding carboxylic acids is 1. The molecule has 0 spiro atoms. The van der Waals surface area contributed by atoms with Crippen molar-refractivity contribution < 1.29 is 14.6 Å². The summed E-state index contributed by atoms with van der Waals surface area (Å²) in [5.41, 5.74) is -0.439. The van der Waals surface area contributed by atoms with Crippen LogP contribution in [-0.2, 0) is 0 Å². The Bertz CT molecular complexity index is 561. The second kappa shape index (κ2) is 7.49. The number of aliphatic hydroxyl groups is 1. The molecule has 1 saturated carbocycles. The van der Waals surface area contributed by atoms with Gasteiger partial charge in [-0.2, -0.15) is 0 Å². The Morgan fingerprint density at radius 1 is 1.57 bits per heavy atom. The Balaban J connectivity index is 2.06. The largest absolute Gasteiger partial charge is 0.492 e. The summed E-state index contributed by atoms with van der Waals surface area (Å²) in [6, 6.07) is 1.56. The summed E-state index contributed by atoms with van der Waals surface area (Å²) >= 11 is 6.07. The van der Waals surface area contributed by atoms with Crippen LogP contribution in [0.5, 0.6) is 5.75 Å². The van der Waals surface area contributed by atoms with Crippen molar-refractivity contribution in [1.82, 2.24) is 10.3 Å². The zero-order valence-corrected chi connectivity index (χ0v) is 14.7. The first-order valence-electron chi connectivity index (χ1n) is 8.04. The molecule has 1 aliphatic carbocycles. The number of rotatable bonds is 8. The summed E-state index contributed by atoms with van der Waals surface area (Å²) in [5.74, 6) is 1.09. The zero-order valence-electron chi connectivity index (χ0n) is 13.9. The van der Waals surface area contributed by atoms with Crippen LogP contribution in [0.1, 0.15) is 50.5 Å². The number of carbonyl (C=O) groups is 1. The number of hydrogen-bond acceptors (Lipinski definition) is 4. The number of nitrogens with zero attached hydrogens (tertiary/aromatic N) is 1. The maximum Gasteiger partial charge on any atom is 0.270 e. The predicted octanol–water partition coefficient (Wildman–Crippen LogP) is 3.05. The van der Waals surface area contributed by atoms with Crippen LogP contribution in [0.25, 0.3) is 0 Å². The molecule has 0 saturated heterocycles. The van der Waals surface area contributed by atoms with E-state index in [-0.39, 0.29) is 18.2 Å². The minimum absolute atomic E-state index is 0.129. The number of aliphatic hydroxyl groups excluding tert-OH is 1. The molecule has 1 atom stereocenters. The van der Waals surface area contributed by atoms with Crippen LogP contribution >= 0.6 is 11.6 Å². The molecule has 2 rings (SSSR count). The van der Waals surface area contributed by atoms with Crippen molar-refractivity contribution in [2.75, 3.05) is 13.2 Å². The Hall–Kier alpha value is -1.33. The van der Waals surface area contributed by atoms with Gasteiger partial charge in [-0.3, -0.25) is 4.79 Å². The van der Waals surface area contributed by atoms with Crippen molar-refractivity contribution in [3.8, 4) is 5.75 Å². The molecule has 0 aliphatic heterocycles. The van der Waals surface area contributed by atoms with E-state index in [0.717, 1.165) is 0 Å². The van der Waals surface area contributed by atoms with Crippen molar-refractivity contribution in [2.45, 2.75) is 45.6 Å². The molecule has 1 aromatic rings. The summed E-state index contributed by atoms with van der Waals surface area (Å²) in [6.07, 6.45) is 4.46. The number of amides is 1. The molecule has 1 unspecified atom stereocenters. The Labute approximate surface area is 142 Å². The fourth-order valence-electron chi connectivity index (χ4n) is 2.54. The van der Waals surface area contributed by atoms with Crippen LogP contribution in [0.15, 0.2) is 12.3 Å². The van der Waals surface area contributed by atoms with Crippen molar-refractivity contribution >= 4 is 17.5 Å². The van der Waals surface area contributed by atoms with E-state index in [1.165, 1.54) is 19.0 Å². The first kappa shape index (κ1) is 18.0. The number of pyridine rings is 1. The van der Waals surface area contributed by atoms with Gasteiger partial charge in [0.05, 0.1) is 24.9 Å². The van der Waals surface area contributed by atoms with E-state index < -0.39 is 5.54 Å². The Morgan fingerprint density at radius 2 is 2.26 bits per heavy atom. The maximum absolute atomic E-state index is 12.4. The van der Waals surface area contributed by atoms with Crippen LogP contribution in [0.2, 0.25) is 5.02 Å². The second-order valence-electron chi connectivity index (χ2n) is 7.03. The van der Waals surface area contributed by atoms with Crippen molar-refractivity contribution in [1.29, 1.82) is 0 Å². The summed E-state index contributed by atoms with van der Waals surface area (Å²) < 4.78 is 5.67. The molecule has 0 radical (unpaired) electrons. The van der Waals surface area contributed by atoms with Gasteiger partial charge in [0, 0.05) is 6.07 Å². The van der Waals surface area contributed by atoms with E-state index in [1.54, 1.807) is 6.07 Å². The fraction of sp³-hybridized carbons (Fsp3) is 0.647. The van der Waals surface area contributed by atoms with E-state index in [9.17, 15) is 9.90 Å². The molecule has 1 aliphatic rings. The summed E-state index contributed by atoms with van der Waals surface area (Å²) in [5, 5.41) is 12.9. The lowest BCUT2D eigenvalue weighted by Crippen LogP contribution is -2.50. The van der Waals surface area contributed by atoms with Gasteiger partial charge in [-0.1, -0.05) is 25.4 Å². The molecule has 2 N–H and O–H groups in total. The highest BCUT2D eigenvalue weighted by atomic mass is 35.5. The van der Waals surface area contributed by atoms with E-state index in [4.69, 9.17) is 16.3 Å². The maximum atomic E-state index is 12.4. The van der Waals surface area contributed by atoms with Gasteiger partial charge in [0.25, 0.3) is 5.91 Å². The molecule has 1 fully saturated rings. The lowest BCUT2D eigenvalue weighted by atomic mass is 9.91. The van der Waals surface area contributed by atoms with E-state index in [1.807, 2.05) is 20.8 Å². The lowest BCUT2D eigenvalue weighted by Gasteiger charge is -2.30. The number of aromatic nitrogens is 1. The summed E-state index contributed by atoms with van der Waals surface area (Å²) in [7, 11) is 0. The highest BCUT2D eigenvalue weighted by Crippen LogP contribution is 2.31. The van der Waals surface area contributed by atoms with Gasteiger partial charge in [-0.05, 0) is 38.0 Å². The average Bonchev–Trinajstić information content (AvgIpc) is 3.29. The molecular formula is C17H25ClN2O3. The SMILES string of the molecule is CC(C)CC(C)(CO)NC(=O)c1cc(OCC2CC2)c(Cl)cn1. The molecular weight excluding hydrogens is 316 g/mol. The van der Waals surface area contributed by atoms with Gasteiger partial charge >= 0.3 is 0 Å². The quantitative estimate of drug-likeness (QED) is 0.763. The topological polar surface area (TPSA) is 71.5 Å². The van der Waals surface area contributed by atoms with Crippen molar-refractivity contribution in [3.63, 3.8) is 0 Å². The minimum Gasteiger partial charge on any atom is -0.492 e. The van der Waals surface area contributed by atoms with Crippen LogP contribution < -0.4 is 10.1 Å². The monoisotopic (exact) mass is 340 g/mol. The standard InChI is InChI=1S/C17H25ClN2O3/c1-11(2)7-17(3,10-21)20-16(22)14-6-15(13(18)8-19-14)23-9-12-4-5-12/h6,8,11-12,21H,4-5,7,9-10H2,1-3H3,(H,20,22). The van der Waals surface area contributed by atoms with Gasteiger partial charge in [-0.15, -0.1) is 0 Å². The van der Waals surface area contributed by atoms with Crippen LogP contribution in [0.4, 0.5) is 0 Å². The second-order valence-corrected chi connectivity index (χ2v) is 7.43. The van der Waals surface area contributed by atoms with E-state index in [0.29, 0.717) is 35.6 Å². The molecule has 5 nitrogen and oxygen atoms in total. The predicted molar refractivity (Wildman–Crippen MR) is 89.9 cm³/mol. The fourth-order valence-corrected chi connectivity index (χ4v) is 2.70. The van der Waals surface area contributed by atoms with E-state index in [2.05, 4.69) is 10.3 Å². The molecule has 23 heavy (non-hydrogen) atoms. The molecule has 128 valence electrons. The number of ether oxygens (including phenoxy) is 1. The molecule has 0 aromatic carbocycles. The third kappa shape index (κ3) is 5.36. The number of nitrogens with one attached hydrogen (secondary N) is 1. The normalized spacial score (nSPS) is 17.0. The molecule has 1 amide bonds. The minimum atomic E-state index is -0.679. The van der Waals surface area contributed by atoms with Crippen molar-refractivity contribution in [3.05, 3.63) is 23.0 Å². The highest BCUT2D eigenvalue weighted by molar-refractivity contribution is 6.32. The van der Waals surface area contributed by atoms with E-state index >= 15 is 0 Å². The zero-order chi connectivity index (χ0) is 17.0. The Kier molecular flexibility index (Phi) is 5.87. The smallest absolute Gasteiger partial charge is 0.270 e. The van der Waals surface area contributed by atoms with Crippen molar-refractivity contribution in [2.24, 2.45) is 11.8 Å². The van der Waals surface area contributed by atoms with Gasteiger partial charge in [0.2, 0.25) is 0 Å².